The van der Waals surface area contributed by atoms with E-state index in [2.05, 4.69) is 32.8 Å². The van der Waals surface area contributed by atoms with Crippen LogP contribution in [0.2, 0.25) is 0 Å². The van der Waals surface area contributed by atoms with Gasteiger partial charge in [0.1, 0.15) is 0 Å². The Kier molecular flexibility index (Phi) is 2.71. The smallest absolute Gasteiger partial charge is 0.0795 e. The molecule has 0 saturated carbocycles. The van der Waals surface area contributed by atoms with Crippen LogP contribution in [0.5, 0.6) is 0 Å². The minimum atomic E-state index is 0.748. The van der Waals surface area contributed by atoms with Gasteiger partial charge in [-0.05, 0) is 24.3 Å². The molecule has 1 aromatic carbocycles. The van der Waals surface area contributed by atoms with Crippen LogP contribution in [0.3, 0.4) is 0 Å². The van der Waals surface area contributed by atoms with Gasteiger partial charge in [-0.15, -0.1) is 11.3 Å². The number of anilines is 1. The lowest BCUT2D eigenvalue weighted by molar-refractivity contribution is 1.08. The Morgan fingerprint density at radius 1 is 1.12 bits per heavy atom. The fraction of sp³-hybridized carbons (Fsp3) is 0.0769. The van der Waals surface area contributed by atoms with E-state index in [9.17, 15) is 0 Å². The highest BCUT2D eigenvalue weighted by atomic mass is 32.1. The van der Waals surface area contributed by atoms with Crippen LogP contribution >= 0.6 is 11.3 Å². The molecule has 4 heteroatoms. The topological polar surface area (TPSA) is 37.8 Å². The molecule has 2 heterocycles. The summed E-state index contributed by atoms with van der Waals surface area (Å²) in [6, 6.07) is 10.1. The molecule has 2 aromatic heterocycles. The van der Waals surface area contributed by atoms with Gasteiger partial charge in [0, 0.05) is 22.7 Å². The van der Waals surface area contributed by atoms with E-state index in [1.54, 1.807) is 11.3 Å². The average molecular weight is 241 g/mol. The molecule has 3 aromatic rings. The van der Waals surface area contributed by atoms with Crippen molar-refractivity contribution >= 4 is 27.9 Å². The predicted molar refractivity (Wildman–Crippen MR) is 71.2 cm³/mol. The van der Waals surface area contributed by atoms with Crippen molar-refractivity contribution < 1.29 is 0 Å². The third kappa shape index (κ3) is 2.12. The molecule has 0 aliphatic carbocycles. The SMILES string of the molecule is c1cc(NCc2cscn2)c2cccnc2c1. The summed E-state index contributed by atoms with van der Waals surface area (Å²) < 4.78 is 0. The highest BCUT2D eigenvalue weighted by Gasteiger charge is 2.01. The Hall–Kier alpha value is -1.94. The maximum absolute atomic E-state index is 4.33. The molecule has 0 spiro atoms. The standard InChI is InChI=1S/C13H11N3S/c1-4-12-11(3-2-6-14-12)13(5-1)15-7-10-8-17-9-16-10/h1-6,8-9,15H,7H2. The summed E-state index contributed by atoms with van der Waals surface area (Å²) in [5.41, 5.74) is 5.03. The number of hydrogen-bond acceptors (Lipinski definition) is 4. The maximum atomic E-state index is 4.33. The van der Waals surface area contributed by atoms with E-state index < -0.39 is 0 Å². The first-order valence-electron chi connectivity index (χ1n) is 5.38. The number of thiazole rings is 1. The van der Waals surface area contributed by atoms with E-state index in [1.165, 1.54) is 0 Å². The molecule has 1 N–H and O–H groups in total. The molecule has 0 fully saturated rings. The molecular weight excluding hydrogens is 230 g/mol. The van der Waals surface area contributed by atoms with Crippen LogP contribution in [0, 0.1) is 0 Å². The highest BCUT2D eigenvalue weighted by Crippen LogP contribution is 2.21. The number of aromatic nitrogens is 2. The zero-order valence-electron chi connectivity index (χ0n) is 9.13. The number of rotatable bonds is 3. The van der Waals surface area contributed by atoms with Crippen molar-refractivity contribution in [3.05, 3.63) is 53.1 Å². The normalized spacial score (nSPS) is 10.6. The van der Waals surface area contributed by atoms with E-state index in [1.807, 2.05) is 29.9 Å². The molecule has 0 radical (unpaired) electrons. The van der Waals surface area contributed by atoms with Crippen LogP contribution in [0.15, 0.2) is 47.4 Å². The Bertz CT molecular complexity index is 614. The second-order valence-electron chi connectivity index (χ2n) is 3.71. The number of nitrogens with one attached hydrogen (secondary N) is 1. The summed E-state index contributed by atoms with van der Waals surface area (Å²) in [7, 11) is 0. The van der Waals surface area contributed by atoms with Gasteiger partial charge in [-0.2, -0.15) is 0 Å². The predicted octanol–water partition coefficient (Wildman–Crippen LogP) is 3.30. The lowest BCUT2D eigenvalue weighted by atomic mass is 10.2. The van der Waals surface area contributed by atoms with E-state index in [4.69, 9.17) is 0 Å². The zero-order chi connectivity index (χ0) is 11.5. The molecule has 0 bridgehead atoms. The van der Waals surface area contributed by atoms with Crippen LogP contribution in [-0.2, 0) is 6.54 Å². The summed E-state index contributed by atoms with van der Waals surface area (Å²) in [6.07, 6.45) is 1.81. The van der Waals surface area contributed by atoms with Gasteiger partial charge in [-0.3, -0.25) is 4.98 Å². The average Bonchev–Trinajstić information content (AvgIpc) is 2.89. The Labute approximate surface area is 103 Å². The largest absolute Gasteiger partial charge is 0.379 e. The molecule has 84 valence electrons. The molecule has 3 nitrogen and oxygen atoms in total. The minimum absolute atomic E-state index is 0.748. The quantitative estimate of drug-likeness (QED) is 0.764. The molecule has 17 heavy (non-hydrogen) atoms. The summed E-state index contributed by atoms with van der Waals surface area (Å²) in [6.45, 7) is 0.748. The van der Waals surface area contributed by atoms with E-state index in [-0.39, 0.29) is 0 Å². The van der Waals surface area contributed by atoms with Gasteiger partial charge in [0.05, 0.1) is 23.3 Å². The fourth-order valence-corrected chi connectivity index (χ4v) is 2.33. The maximum Gasteiger partial charge on any atom is 0.0795 e. The van der Waals surface area contributed by atoms with Crippen molar-refractivity contribution in [2.75, 3.05) is 5.32 Å². The van der Waals surface area contributed by atoms with E-state index in [0.29, 0.717) is 0 Å². The highest BCUT2D eigenvalue weighted by molar-refractivity contribution is 7.07. The van der Waals surface area contributed by atoms with Gasteiger partial charge >= 0.3 is 0 Å². The van der Waals surface area contributed by atoms with Gasteiger partial charge in [0.25, 0.3) is 0 Å². The summed E-state index contributed by atoms with van der Waals surface area (Å²) in [5, 5.41) is 6.59. The monoisotopic (exact) mass is 241 g/mol. The van der Waals surface area contributed by atoms with Crippen LogP contribution in [0.25, 0.3) is 10.9 Å². The molecule has 0 atom stereocenters. The van der Waals surface area contributed by atoms with Crippen molar-refractivity contribution in [1.82, 2.24) is 9.97 Å². The van der Waals surface area contributed by atoms with Crippen LogP contribution in [0.1, 0.15) is 5.69 Å². The third-order valence-corrected chi connectivity index (χ3v) is 3.22. The number of hydrogen-bond donors (Lipinski definition) is 1. The van der Waals surface area contributed by atoms with Gasteiger partial charge in [0.2, 0.25) is 0 Å². The zero-order valence-corrected chi connectivity index (χ0v) is 9.95. The van der Waals surface area contributed by atoms with Crippen molar-refractivity contribution in [2.45, 2.75) is 6.54 Å². The number of pyridine rings is 1. The van der Waals surface area contributed by atoms with Gasteiger partial charge in [0.15, 0.2) is 0 Å². The minimum Gasteiger partial charge on any atom is -0.379 e. The first-order chi connectivity index (χ1) is 8.43. The summed E-state index contributed by atoms with van der Waals surface area (Å²) in [4.78, 5) is 8.59. The van der Waals surface area contributed by atoms with E-state index >= 15 is 0 Å². The first kappa shape index (κ1) is 10.2. The second-order valence-corrected chi connectivity index (χ2v) is 4.43. The van der Waals surface area contributed by atoms with E-state index in [0.717, 1.165) is 28.8 Å². The van der Waals surface area contributed by atoms with Crippen molar-refractivity contribution in [1.29, 1.82) is 0 Å². The summed E-state index contributed by atoms with van der Waals surface area (Å²) >= 11 is 1.61. The van der Waals surface area contributed by atoms with Gasteiger partial charge in [-0.25, -0.2) is 4.98 Å². The Morgan fingerprint density at radius 3 is 3.00 bits per heavy atom. The Morgan fingerprint density at radius 2 is 2.12 bits per heavy atom. The van der Waals surface area contributed by atoms with Crippen molar-refractivity contribution in [3.63, 3.8) is 0 Å². The van der Waals surface area contributed by atoms with Gasteiger partial charge < -0.3 is 5.32 Å². The van der Waals surface area contributed by atoms with Gasteiger partial charge in [-0.1, -0.05) is 6.07 Å². The first-order valence-corrected chi connectivity index (χ1v) is 6.32. The van der Waals surface area contributed by atoms with Crippen molar-refractivity contribution in [2.24, 2.45) is 0 Å². The summed E-state index contributed by atoms with van der Waals surface area (Å²) in [5.74, 6) is 0. The van der Waals surface area contributed by atoms with Crippen LogP contribution in [0.4, 0.5) is 5.69 Å². The Balaban J connectivity index is 1.90. The molecule has 0 aliphatic heterocycles. The molecule has 0 aliphatic rings. The number of benzene rings is 1. The lowest BCUT2D eigenvalue weighted by Crippen LogP contribution is -2.00. The fourth-order valence-electron chi connectivity index (χ4n) is 1.77. The van der Waals surface area contributed by atoms with Crippen LogP contribution < -0.4 is 5.32 Å². The molecular formula is C13H11N3S. The second kappa shape index (κ2) is 4.51. The van der Waals surface area contributed by atoms with Crippen LogP contribution in [-0.4, -0.2) is 9.97 Å². The molecule has 0 saturated heterocycles. The third-order valence-electron chi connectivity index (χ3n) is 2.59. The molecule has 3 rings (SSSR count). The number of fused-ring (bicyclic) bond motifs is 1. The number of nitrogens with zero attached hydrogens (tertiary/aromatic N) is 2. The van der Waals surface area contributed by atoms with Crippen molar-refractivity contribution in [3.8, 4) is 0 Å². The molecule has 0 unspecified atom stereocenters. The lowest BCUT2D eigenvalue weighted by Gasteiger charge is -2.07. The molecule has 0 amide bonds.